The normalized spacial score (nSPS) is 13.6. The second-order valence-corrected chi connectivity index (χ2v) is 4.96. The molecule has 0 radical (unpaired) electrons. The standard InChI is InChI=1S/C15H15N5/c1-10-9-17-15(20-14(10)18-12-6-7-12)19-13-4-2-11(8-16)3-5-13/h2-5,9,12H,6-7H2,1H3,(H2,17,18,19,20). The van der Waals surface area contributed by atoms with Gasteiger partial charge in [-0.3, -0.25) is 0 Å². The molecule has 1 aromatic carbocycles. The van der Waals surface area contributed by atoms with Crippen LogP contribution in [0.4, 0.5) is 17.5 Å². The molecular formula is C15H15N5. The lowest BCUT2D eigenvalue weighted by Gasteiger charge is -2.10. The third-order valence-corrected chi connectivity index (χ3v) is 3.16. The number of aromatic nitrogens is 2. The number of aryl methyl sites for hydroxylation is 1. The summed E-state index contributed by atoms with van der Waals surface area (Å²) in [5.41, 5.74) is 2.55. The molecule has 2 N–H and O–H groups in total. The monoisotopic (exact) mass is 265 g/mol. The molecule has 1 saturated carbocycles. The van der Waals surface area contributed by atoms with E-state index in [0.717, 1.165) is 17.1 Å². The maximum Gasteiger partial charge on any atom is 0.229 e. The first-order valence-corrected chi connectivity index (χ1v) is 6.62. The third kappa shape index (κ3) is 2.86. The van der Waals surface area contributed by atoms with E-state index in [1.54, 1.807) is 12.1 Å². The van der Waals surface area contributed by atoms with Crippen molar-refractivity contribution >= 4 is 17.5 Å². The molecule has 2 aromatic rings. The molecule has 0 aliphatic heterocycles. The summed E-state index contributed by atoms with van der Waals surface area (Å²) >= 11 is 0. The van der Waals surface area contributed by atoms with Gasteiger partial charge in [-0.25, -0.2) is 4.98 Å². The second kappa shape index (κ2) is 5.17. The molecule has 0 amide bonds. The number of hydrogen-bond donors (Lipinski definition) is 2. The van der Waals surface area contributed by atoms with Crippen LogP contribution in [0.15, 0.2) is 30.5 Å². The Morgan fingerprint density at radius 2 is 2.00 bits per heavy atom. The Hall–Kier alpha value is -2.61. The number of anilines is 3. The Morgan fingerprint density at radius 3 is 2.65 bits per heavy atom. The van der Waals surface area contributed by atoms with Gasteiger partial charge in [0.05, 0.1) is 11.6 Å². The van der Waals surface area contributed by atoms with Gasteiger partial charge >= 0.3 is 0 Å². The summed E-state index contributed by atoms with van der Waals surface area (Å²) < 4.78 is 0. The molecule has 0 atom stereocenters. The summed E-state index contributed by atoms with van der Waals surface area (Å²) in [6.45, 7) is 2.00. The summed E-state index contributed by atoms with van der Waals surface area (Å²) in [6, 6.07) is 9.87. The average molecular weight is 265 g/mol. The highest BCUT2D eigenvalue weighted by Gasteiger charge is 2.22. The van der Waals surface area contributed by atoms with Gasteiger partial charge in [0, 0.05) is 23.5 Å². The van der Waals surface area contributed by atoms with E-state index in [2.05, 4.69) is 26.7 Å². The highest BCUT2D eigenvalue weighted by molar-refractivity contribution is 5.57. The van der Waals surface area contributed by atoms with Gasteiger partial charge in [-0.15, -0.1) is 0 Å². The zero-order chi connectivity index (χ0) is 13.9. The Labute approximate surface area is 117 Å². The quantitative estimate of drug-likeness (QED) is 0.889. The van der Waals surface area contributed by atoms with Gasteiger partial charge < -0.3 is 10.6 Å². The molecule has 20 heavy (non-hydrogen) atoms. The average Bonchev–Trinajstić information content (AvgIpc) is 3.27. The molecule has 0 saturated heterocycles. The first-order chi connectivity index (χ1) is 9.74. The van der Waals surface area contributed by atoms with Gasteiger partial charge in [0.1, 0.15) is 5.82 Å². The highest BCUT2D eigenvalue weighted by atomic mass is 15.2. The van der Waals surface area contributed by atoms with Gasteiger partial charge in [-0.1, -0.05) is 0 Å². The Morgan fingerprint density at radius 1 is 1.25 bits per heavy atom. The van der Waals surface area contributed by atoms with Gasteiger partial charge in [0.15, 0.2) is 0 Å². The van der Waals surface area contributed by atoms with Crippen molar-refractivity contribution in [3.63, 3.8) is 0 Å². The molecule has 5 nitrogen and oxygen atoms in total. The maximum absolute atomic E-state index is 8.77. The zero-order valence-corrected chi connectivity index (χ0v) is 11.2. The third-order valence-electron chi connectivity index (χ3n) is 3.16. The van der Waals surface area contributed by atoms with E-state index in [-0.39, 0.29) is 0 Å². The van der Waals surface area contributed by atoms with Crippen LogP contribution < -0.4 is 10.6 Å². The minimum atomic E-state index is 0.559. The minimum absolute atomic E-state index is 0.559. The number of nitrogens with one attached hydrogen (secondary N) is 2. The molecule has 1 aliphatic carbocycles. The van der Waals surface area contributed by atoms with E-state index >= 15 is 0 Å². The number of nitriles is 1. The van der Waals surface area contributed by atoms with Crippen LogP contribution in [-0.2, 0) is 0 Å². The largest absolute Gasteiger partial charge is 0.367 e. The molecule has 0 bridgehead atoms. The topological polar surface area (TPSA) is 73.6 Å². The van der Waals surface area contributed by atoms with E-state index < -0.39 is 0 Å². The maximum atomic E-state index is 8.77. The van der Waals surface area contributed by atoms with Crippen LogP contribution in [0.1, 0.15) is 24.0 Å². The zero-order valence-electron chi connectivity index (χ0n) is 11.2. The van der Waals surface area contributed by atoms with Gasteiger partial charge in [-0.05, 0) is 44.0 Å². The Bertz CT molecular complexity index is 653. The van der Waals surface area contributed by atoms with Gasteiger partial charge in [0.2, 0.25) is 5.95 Å². The van der Waals surface area contributed by atoms with Crippen LogP contribution in [0.25, 0.3) is 0 Å². The van der Waals surface area contributed by atoms with Crippen molar-refractivity contribution in [3.05, 3.63) is 41.6 Å². The fourth-order valence-corrected chi connectivity index (χ4v) is 1.83. The van der Waals surface area contributed by atoms with Crippen molar-refractivity contribution in [1.29, 1.82) is 5.26 Å². The Kier molecular flexibility index (Phi) is 3.21. The number of nitrogens with zero attached hydrogens (tertiary/aromatic N) is 3. The molecule has 100 valence electrons. The number of hydrogen-bond acceptors (Lipinski definition) is 5. The van der Waals surface area contributed by atoms with Crippen molar-refractivity contribution in [2.75, 3.05) is 10.6 Å². The lowest BCUT2D eigenvalue weighted by Crippen LogP contribution is -2.07. The summed E-state index contributed by atoms with van der Waals surface area (Å²) in [5.74, 6) is 1.45. The second-order valence-electron chi connectivity index (χ2n) is 4.96. The summed E-state index contributed by atoms with van der Waals surface area (Å²) in [4.78, 5) is 8.77. The predicted octanol–water partition coefficient (Wildman–Crippen LogP) is 2.97. The Balaban J connectivity index is 1.77. The van der Waals surface area contributed by atoms with Crippen LogP contribution in [0.2, 0.25) is 0 Å². The molecule has 1 aliphatic rings. The lowest BCUT2D eigenvalue weighted by atomic mass is 10.2. The van der Waals surface area contributed by atoms with Crippen LogP contribution in [0.5, 0.6) is 0 Å². The van der Waals surface area contributed by atoms with E-state index in [4.69, 9.17) is 5.26 Å². The molecular weight excluding hydrogens is 250 g/mol. The van der Waals surface area contributed by atoms with Crippen LogP contribution in [0, 0.1) is 18.3 Å². The smallest absolute Gasteiger partial charge is 0.229 e. The first kappa shape index (κ1) is 12.4. The van der Waals surface area contributed by atoms with Gasteiger partial charge in [-0.2, -0.15) is 10.2 Å². The van der Waals surface area contributed by atoms with Crippen LogP contribution in [0.3, 0.4) is 0 Å². The summed E-state index contributed by atoms with van der Waals surface area (Å²) in [7, 11) is 0. The molecule has 1 fully saturated rings. The molecule has 0 spiro atoms. The SMILES string of the molecule is Cc1cnc(Nc2ccc(C#N)cc2)nc1NC1CC1. The van der Waals surface area contributed by atoms with Crippen LogP contribution in [-0.4, -0.2) is 16.0 Å². The molecule has 0 unspecified atom stereocenters. The van der Waals surface area contributed by atoms with Crippen molar-refractivity contribution in [2.24, 2.45) is 0 Å². The van der Waals surface area contributed by atoms with Crippen LogP contribution >= 0.6 is 0 Å². The van der Waals surface area contributed by atoms with Crippen molar-refractivity contribution in [2.45, 2.75) is 25.8 Å². The van der Waals surface area contributed by atoms with E-state index in [1.807, 2.05) is 25.3 Å². The van der Waals surface area contributed by atoms with Crippen molar-refractivity contribution in [3.8, 4) is 6.07 Å². The predicted molar refractivity (Wildman–Crippen MR) is 77.9 cm³/mol. The van der Waals surface area contributed by atoms with E-state index in [1.165, 1.54) is 12.8 Å². The molecule has 1 heterocycles. The number of benzene rings is 1. The molecule has 1 aromatic heterocycles. The van der Waals surface area contributed by atoms with Crippen molar-refractivity contribution < 1.29 is 0 Å². The summed E-state index contributed by atoms with van der Waals surface area (Å²) in [6.07, 6.45) is 4.23. The number of rotatable bonds is 4. The minimum Gasteiger partial charge on any atom is -0.367 e. The van der Waals surface area contributed by atoms with Crippen molar-refractivity contribution in [1.82, 2.24) is 9.97 Å². The molecule has 5 heteroatoms. The lowest BCUT2D eigenvalue weighted by molar-refractivity contribution is 1.06. The molecule has 3 rings (SSSR count). The van der Waals surface area contributed by atoms with Gasteiger partial charge in [0.25, 0.3) is 0 Å². The highest BCUT2D eigenvalue weighted by Crippen LogP contribution is 2.26. The van der Waals surface area contributed by atoms with E-state index in [9.17, 15) is 0 Å². The van der Waals surface area contributed by atoms with E-state index in [0.29, 0.717) is 17.6 Å². The fraction of sp³-hybridized carbons (Fsp3) is 0.267. The summed E-state index contributed by atoms with van der Waals surface area (Å²) in [5, 5.41) is 15.3. The first-order valence-electron chi connectivity index (χ1n) is 6.62. The fourth-order valence-electron chi connectivity index (χ4n) is 1.83.